The lowest BCUT2D eigenvalue weighted by Gasteiger charge is -2.02. The van der Waals surface area contributed by atoms with Gasteiger partial charge in [0.1, 0.15) is 5.75 Å². The van der Waals surface area contributed by atoms with Crippen LogP contribution in [0.4, 0.5) is 0 Å². The Kier molecular flexibility index (Phi) is 4.53. The number of benzene rings is 2. The summed E-state index contributed by atoms with van der Waals surface area (Å²) >= 11 is 1.49. The van der Waals surface area contributed by atoms with E-state index in [0.29, 0.717) is 16.5 Å². The molecule has 0 bridgehead atoms. The van der Waals surface area contributed by atoms with Crippen molar-refractivity contribution in [2.24, 2.45) is 0 Å². The number of thiazole rings is 1. The fraction of sp³-hybridized carbons (Fsp3) is 0. The summed E-state index contributed by atoms with van der Waals surface area (Å²) in [6.45, 7) is 0. The second-order valence-electron chi connectivity index (χ2n) is 5.55. The number of fused-ring (bicyclic) bond motifs is 1. The first-order valence-corrected chi connectivity index (χ1v) is 8.85. The molecule has 0 spiro atoms. The molecular weight excluding hydrogens is 344 g/mol. The molecule has 0 aliphatic carbocycles. The van der Waals surface area contributed by atoms with Crippen molar-refractivity contribution in [3.05, 3.63) is 90.3 Å². The maximum absolute atomic E-state index is 12.3. The Morgan fingerprint density at radius 1 is 0.962 bits per heavy atom. The van der Waals surface area contributed by atoms with Gasteiger partial charge in [0.15, 0.2) is 5.78 Å². The topological polar surface area (TPSA) is 52.1 Å². The third kappa shape index (κ3) is 3.68. The molecule has 4 nitrogen and oxygen atoms in total. The molecule has 0 saturated carbocycles. The third-order valence-corrected chi connectivity index (χ3v) is 4.67. The SMILES string of the molecule is O=C(/C=C/c1ccncc1)c1ccc(Oc2nc3ccccc3s2)cc1. The van der Waals surface area contributed by atoms with Crippen molar-refractivity contribution < 1.29 is 9.53 Å². The fourth-order valence-electron chi connectivity index (χ4n) is 2.43. The first-order chi connectivity index (χ1) is 12.8. The molecule has 0 amide bonds. The van der Waals surface area contributed by atoms with Crippen molar-refractivity contribution in [2.75, 3.05) is 0 Å². The van der Waals surface area contributed by atoms with Gasteiger partial charge in [0.25, 0.3) is 5.19 Å². The average molecular weight is 358 g/mol. The predicted octanol–water partition coefficient (Wildman–Crippen LogP) is 5.38. The van der Waals surface area contributed by atoms with E-state index in [0.717, 1.165) is 15.8 Å². The molecule has 4 aromatic rings. The largest absolute Gasteiger partial charge is 0.431 e. The fourth-order valence-corrected chi connectivity index (χ4v) is 3.26. The molecule has 4 rings (SSSR count). The van der Waals surface area contributed by atoms with Crippen LogP contribution in [-0.2, 0) is 0 Å². The van der Waals surface area contributed by atoms with Crippen LogP contribution in [0.1, 0.15) is 15.9 Å². The summed E-state index contributed by atoms with van der Waals surface area (Å²) in [5.74, 6) is 0.590. The zero-order valence-electron chi connectivity index (χ0n) is 13.7. The van der Waals surface area contributed by atoms with Crippen LogP contribution in [0.15, 0.2) is 79.1 Å². The number of rotatable bonds is 5. The minimum absolute atomic E-state index is 0.0617. The smallest absolute Gasteiger partial charge is 0.279 e. The third-order valence-electron chi connectivity index (χ3n) is 3.75. The Balaban J connectivity index is 1.46. The lowest BCUT2D eigenvalue weighted by Crippen LogP contribution is -1.94. The predicted molar refractivity (Wildman–Crippen MR) is 104 cm³/mol. The molecule has 0 aliphatic rings. The Morgan fingerprint density at radius 2 is 1.73 bits per heavy atom. The molecule has 0 fully saturated rings. The van der Waals surface area contributed by atoms with E-state index >= 15 is 0 Å². The molecular formula is C21H14N2O2S. The molecule has 26 heavy (non-hydrogen) atoms. The number of aromatic nitrogens is 2. The Morgan fingerprint density at radius 3 is 2.50 bits per heavy atom. The van der Waals surface area contributed by atoms with Gasteiger partial charge in [-0.3, -0.25) is 9.78 Å². The molecule has 0 atom stereocenters. The van der Waals surface area contributed by atoms with Crippen LogP contribution in [0.25, 0.3) is 16.3 Å². The van der Waals surface area contributed by atoms with E-state index in [4.69, 9.17) is 4.74 Å². The van der Waals surface area contributed by atoms with E-state index in [9.17, 15) is 4.79 Å². The van der Waals surface area contributed by atoms with Gasteiger partial charge in [0, 0.05) is 18.0 Å². The number of hydrogen-bond acceptors (Lipinski definition) is 5. The highest BCUT2D eigenvalue weighted by molar-refractivity contribution is 7.20. The van der Waals surface area contributed by atoms with E-state index < -0.39 is 0 Å². The van der Waals surface area contributed by atoms with Gasteiger partial charge in [-0.05, 0) is 60.2 Å². The maximum Gasteiger partial charge on any atom is 0.279 e. The van der Waals surface area contributed by atoms with Crippen LogP contribution in [0.5, 0.6) is 10.9 Å². The number of ether oxygens (including phenoxy) is 1. The van der Waals surface area contributed by atoms with Crippen LogP contribution in [0.3, 0.4) is 0 Å². The summed E-state index contributed by atoms with van der Waals surface area (Å²) in [5, 5.41) is 0.586. The number of carbonyl (C=O) groups excluding carboxylic acids is 1. The van der Waals surface area contributed by atoms with Gasteiger partial charge >= 0.3 is 0 Å². The van der Waals surface area contributed by atoms with Gasteiger partial charge in [-0.25, -0.2) is 4.98 Å². The second-order valence-corrected chi connectivity index (χ2v) is 6.55. The minimum atomic E-state index is -0.0617. The summed E-state index contributed by atoms with van der Waals surface area (Å²) in [5.41, 5.74) is 2.46. The van der Waals surface area contributed by atoms with Crippen LogP contribution in [-0.4, -0.2) is 15.8 Å². The highest BCUT2D eigenvalue weighted by atomic mass is 32.1. The molecule has 2 aromatic heterocycles. The quantitative estimate of drug-likeness (QED) is 0.355. The number of ketones is 1. The number of hydrogen-bond donors (Lipinski definition) is 0. The molecule has 0 saturated heterocycles. The van der Waals surface area contributed by atoms with Crippen molar-refractivity contribution in [3.63, 3.8) is 0 Å². The summed E-state index contributed by atoms with van der Waals surface area (Å²) in [6, 6.07) is 18.6. The van der Waals surface area contributed by atoms with E-state index in [1.807, 2.05) is 36.4 Å². The van der Waals surface area contributed by atoms with Gasteiger partial charge in [0.05, 0.1) is 10.2 Å². The van der Waals surface area contributed by atoms with Gasteiger partial charge in [-0.15, -0.1) is 0 Å². The second kappa shape index (κ2) is 7.29. The highest BCUT2D eigenvalue weighted by Crippen LogP contribution is 2.31. The molecule has 2 aromatic carbocycles. The van der Waals surface area contributed by atoms with Crippen molar-refractivity contribution >= 4 is 33.4 Å². The summed E-state index contributed by atoms with van der Waals surface area (Å²) in [4.78, 5) is 20.6. The molecule has 0 aliphatic heterocycles. The lowest BCUT2D eigenvalue weighted by atomic mass is 10.1. The molecule has 5 heteroatoms. The Bertz CT molecular complexity index is 1040. The molecule has 2 heterocycles. The van der Waals surface area contributed by atoms with Crippen LogP contribution in [0.2, 0.25) is 0 Å². The number of allylic oxidation sites excluding steroid dienone is 1. The zero-order valence-corrected chi connectivity index (χ0v) is 14.5. The summed E-state index contributed by atoms with van der Waals surface area (Å²) in [6.07, 6.45) is 6.71. The molecule has 0 N–H and O–H groups in total. The average Bonchev–Trinajstić information content (AvgIpc) is 3.10. The zero-order chi connectivity index (χ0) is 17.8. The van der Waals surface area contributed by atoms with Crippen molar-refractivity contribution in [3.8, 4) is 10.9 Å². The number of carbonyl (C=O) groups is 1. The van der Waals surface area contributed by atoms with Gasteiger partial charge < -0.3 is 4.74 Å². The van der Waals surface area contributed by atoms with Crippen molar-refractivity contribution in [2.45, 2.75) is 0 Å². The number of pyridine rings is 1. The van der Waals surface area contributed by atoms with Gasteiger partial charge in [0.2, 0.25) is 0 Å². The van der Waals surface area contributed by atoms with E-state index in [2.05, 4.69) is 9.97 Å². The maximum atomic E-state index is 12.3. The van der Waals surface area contributed by atoms with Crippen molar-refractivity contribution in [1.29, 1.82) is 0 Å². The van der Waals surface area contributed by atoms with Gasteiger partial charge in [-0.1, -0.05) is 29.5 Å². The monoisotopic (exact) mass is 358 g/mol. The van der Waals surface area contributed by atoms with E-state index in [-0.39, 0.29) is 5.78 Å². The lowest BCUT2D eigenvalue weighted by molar-refractivity contribution is 0.104. The van der Waals surface area contributed by atoms with Crippen molar-refractivity contribution in [1.82, 2.24) is 9.97 Å². The standard InChI is InChI=1S/C21H14N2O2S/c24-19(10-5-15-11-13-22-14-12-15)16-6-8-17(9-7-16)25-21-23-18-3-1-2-4-20(18)26-21/h1-14H/b10-5+. The first kappa shape index (κ1) is 16.2. The number of nitrogens with zero attached hydrogens (tertiary/aromatic N) is 2. The summed E-state index contributed by atoms with van der Waals surface area (Å²) < 4.78 is 6.88. The Labute approximate surface area is 154 Å². The summed E-state index contributed by atoms with van der Waals surface area (Å²) in [7, 11) is 0. The number of para-hydroxylation sites is 1. The first-order valence-electron chi connectivity index (χ1n) is 8.04. The molecule has 126 valence electrons. The molecule has 0 radical (unpaired) electrons. The van der Waals surface area contributed by atoms with E-state index in [1.54, 1.807) is 48.8 Å². The van der Waals surface area contributed by atoms with E-state index in [1.165, 1.54) is 11.3 Å². The van der Waals surface area contributed by atoms with Crippen LogP contribution in [0, 0.1) is 0 Å². The highest BCUT2D eigenvalue weighted by Gasteiger charge is 2.07. The van der Waals surface area contributed by atoms with Crippen LogP contribution < -0.4 is 4.74 Å². The molecule has 0 unspecified atom stereocenters. The normalized spacial score (nSPS) is 11.1. The minimum Gasteiger partial charge on any atom is -0.431 e. The van der Waals surface area contributed by atoms with Crippen LogP contribution >= 0.6 is 11.3 Å². The van der Waals surface area contributed by atoms with Gasteiger partial charge in [-0.2, -0.15) is 0 Å². The Hall–Kier alpha value is -3.31.